The molecule has 2 saturated heterocycles. The number of halogens is 2. The molecule has 0 aromatic heterocycles. The molecule has 27 heavy (non-hydrogen) atoms. The number of amides is 1. The number of rotatable bonds is 5. The van der Waals surface area contributed by atoms with Crippen LogP contribution in [0.5, 0.6) is 0 Å². The van der Waals surface area contributed by atoms with Gasteiger partial charge >= 0.3 is 0 Å². The molecule has 2 aliphatic rings. The minimum atomic E-state index is -0.485. The molecule has 1 aromatic carbocycles. The van der Waals surface area contributed by atoms with Crippen LogP contribution in [0.4, 0.5) is 5.69 Å². The molecule has 3 N–H and O–H groups in total. The molecule has 2 fully saturated rings. The fourth-order valence-electron chi connectivity index (χ4n) is 3.72. The smallest absolute Gasteiger partial charge is 0.232 e. The summed E-state index contributed by atoms with van der Waals surface area (Å²) in [6, 6.07) is 8.24. The normalized spacial score (nSPS) is 20.2. The number of ether oxygens (including phenoxy) is 1. The van der Waals surface area contributed by atoms with Crippen molar-refractivity contribution in [3.63, 3.8) is 0 Å². The van der Waals surface area contributed by atoms with Gasteiger partial charge in [0.05, 0.1) is 5.41 Å². The van der Waals surface area contributed by atoms with E-state index in [1.54, 1.807) is 0 Å². The number of anilines is 1. The van der Waals surface area contributed by atoms with E-state index >= 15 is 0 Å². The van der Waals surface area contributed by atoms with Gasteiger partial charge in [-0.25, -0.2) is 0 Å². The van der Waals surface area contributed by atoms with Gasteiger partial charge in [0, 0.05) is 32.0 Å². The van der Waals surface area contributed by atoms with Crippen molar-refractivity contribution in [2.24, 2.45) is 17.1 Å². The first-order chi connectivity index (χ1) is 12.1. The van der Waals surface area contributed by atoms with Crippen LogP contribution in [-0.2, 0) is 16.1 Å². The first kappa shape index (κ1) is 24.2. The van der Waals surface area contributed by atoms with Crippen molar-refractivity contribution >= 4 is 36.4 Å². The predicted molar refractivity (Wildman–Crippen MR) is 115 cm³/mol. The molecular formula is C20H33Cl2N3O2. The highest BCUT2D eigenvalue weighted by Crippen LogP contribution is 2.31. The maximum absolute atomic E-state index is 12.7. The van der Waals surface area contributed by atoms with Crippen LogP contribution >= 0.6 is 24.8 Å². The largest absolute Gasteiger partial charge is 0.381 e. The summed E-state index contributed by atoms with van der Waals surface area (Å²) in [7, 11) is 0. The van der Waals surface area contributed by atoms with E-state index in [9.17, 15) is 4.79 Å². The van der Waals surface area contributed by atoms with Crippen molar-refractivity contribution < 1.29 is 9.53 Å². The molecule has 0 bridgehead atoms. The van der Waals surface area contributed by atoms with E-state index in [-0.39, 0.29) is 30.7 Å². The zero-order valence-electron chi connectivity index (χ0n) is 16.1. The Kier molecular flexibility index (Phi) is 10.1. The number of benzene rings is 1. The van der Waals surface area contributed by atoms with Gasteiger partial charge in [-0.2, -0.15) is 0 Å². The van der Waals surface area contributed by atoms with Gasteiger partial charge in [-0.05, 0) is 62.4 Å². The number of likely N-dealkylation sites (tertiary alicyclic amines) is 1. The van der Waals surface area contributed by atoms with Gasteiger partial charge in [0.15, 0.2) is 0 Å². The lowest BCUT2D eigenvalue weighted by Gasteiger charge is -2.34. The minimum Gasteiger partial charge on any atom is -0.381 e. The van der Waals surface area contributed by atoms with Gasteiger partial charge in [0.2, 0.25) is 5.91 Å². The Hall–Kier alpha value is -0.850. The third kappa shape index (κ3) is 6.33. The van der Waals surface area contributed by atoms with E-state index in [1.165, 1.54) is 31.5 Å². The molecule has 0 unspecified atom stereocenters. The summed E-state index contributed by atoms with van der Waals surface area (Å²) >= 11 is 0. The minimum absolute atomic E-state index is 0. The molecule has 2 aliphatic heterocycles. The van der Waals surface area contributed by atoms with Crippen LogP contribution in [0.25, 0.3) is 0 Å². The lowest BCUT2D eigenvalue weighted by Crippen LogP contribution is -2.46. The fraction of sp³-hybridized carbons (Fsp3) is 0.650. The van der Waals surface area contributed by atoms with Gasteiger partial charge in [0.1, 0.15) is 0 Å². The highest BCUT2D eigenvalue weighted by Gasteiger charge is 2.38. The summed E-state index contributed by atoms with van der Waals surface area (Å²) in [5.41, 5.74) is 7.57. The van der Waals surface area contributed by atoms with Crippen molar-refractivity contribution in [3.05, 3.63) is 29.8 Å². The maximum Gasteiger partial charge on any atom is 0.232 e. The van der Waals surface area contributed by atoms with Gasteiger partial charge in [-0.3, -0.25) is 9.69 Å². The van der Waals surface area contributed by atoms with Gasteiger partial charge in [-0.1, -0.05) is 19.1 Å². The van der Waals surface area contributed by atoms with Crippen LogP contribution in [-0.4, -0.2) is 43.7 Å². The lowest BCUT2D eigenvalue weighted by atomic mass is 9.79. The molecule has 2 heterocycles. The molecule has 5 nitrogen and oxygen atoms in total. The summed E-state index contributed by atoms with van der Waals surface area (Å²) in [5.74, 6) is 0.880. The van der Waals surface area contributed by atoms with E-state index < -0.39 is 5.41 Å². The number of piperidine rings is 1. The number of carbonyl (C=O) groups excluding carboxylic acids is 1. The highest BCUT2D eigenvalue weighted by molar-refractivity contribution is 5.95. The van der Waals surface area contributed by atoms with E-state index in [1.807, 2.05) is 12.1 Å². The first-order valence-electron chi connectivity index (χ1n) is 9.52. The SMILES string of the molecule is CC1CCN(Cc2ccc(NC(=O)C3(CN)CCOCC3)cc2)CC1.Cl.Cl. The lowest BCUT2D eigenvalue weighted by molar-refractivity contribution is -0.130. The molecule has 1 aromatic rings. The average molecular weight is 418 g/mol. The molecule has 7 heteroatoms. The van der Waals surface area contributed by atoms with Gasteiger partial charge in [-0.15, -0.1) is 24.8 Å². The van der Waals surface area contributed by atoms with Crippen molar-refractivity contribution in [1.29, 1.82) is 0 Å². The summed E-state index contributed by atoms with van der Waals surface area (Å²) in [6.45, 7) is 7.28. The average Bonchev–Trinajstić information content (AvgIpc) is 2.65. The fourth-order valence-corrected chi connectivity index (χ4v) is 3.72. The van der Waals surface area contributed by atoms with E-state index in [2.05, 4.69) is 29.3 Å². The number of carbonyl (C=O) groups is 1. The molecule has 3 rings (SSSR count). The van der Waals surface area contributed by atoms with Crippen LogP contribution in [0.3, 0.4) is 0 Å². The van der Waals surface area contributed by atoms with Crippen molar-refractivity contribution in [2.75, 3.05) is 38.2 Å². The van der Waals surface area contributed by atoms with Crippen LogP contribution in [0.2, 0.25) is 0 Å². The van der Waals surface area contributed by atoms with Crippen LogP contribution in [0.15, 0.2) is 24.3 Å². The third-order valence-electron chi connectivity index (χ3n) is 5.82. The molecule has 0 radical (unpaired) electrons. The quantitative estimate of drug-likeness (QED) is 0.769. The standard InChI is InChI=1S/C20H31N3O2.2ClH/c1-16-6-10-23(11-7-16)14-17-2-4-18(5-3-17)22-19(24)20(15-21)8-12-25-13-9-20;;/h2-5,16H,6-15,21H2,1H3,(H,22,24);2*1H. The van der Waals surface area contributed by atoms with E-state index in [0.29, 0.717) is 32.6 Å². The Labute approximate surface area is 175 Å². The number of hydrogen-bond donors (Lipinski definition) is 2. The number of hydrogen-bond acceptors (Lipinski definition) is 4. The zero-order valence-corrected chi connectivity index (χ0v) is 17.7. The molecule has 1 amide bonds. The van der Waals surface area contributed by atoms with Crippen LogP contribution in [0.1, 0.15) is 38.2 Å². The number of nitrogens with one attached hydrogen (secondary N) is 1. The topological polar surface area (TPSA) is 67.6 Å². The molecule has 0 saturated carbocycles. The van der Waals surface area contributed by atoms with Crippen molar-refractivity contribution in [2.45, 2.75) is 39.2 Å². The Bertz CT molecular complexity index is 569. The van der Waals surface area contributed by atoms with E-state index in [4.69, 9.17) is 10.5 Å². The Morgan fingerprint density at radius 1 is 1.19 bits per heavy atom. The molecular weight excluding hydrogens is 385 g/mol. The Morgan fingerprint density at radius 3 is 2.33 bits per heavy atom. The van der Waals surface area contributed by atoms with Crippen LogP contribution < -0.4 is 11.1 Å². The molecule has 0 aliphatic carbocycles. The first-order valence-corrected chi connectivity index (χ1v) is 9.52. The zero-order chi connectivity index (χ0) is 17.7. The van der Waals surface area contributed by atoms with Gasteiger partial charge < -0.3 is 15.8 Å². The Morgan fingerprint density at radius 2 is 1.78 bits per heavy atom. The molecule has 154 valence electrons. The summed E-state index contributed by atoms with van der Waals surface area (Å²) in [5, 5.41) is 3.05. The molecule has 0 spiro atoms. The van der Waals surface area contributed by atoms with Crippen LogP contribution in [0, 0.1) is 11.3 Å². The van der Waals surface area contributed by atoms with E-state index in [0.717, 1.165) is 18.2 Å². The monoisotopic (exact) mass is 417 g/mol. The molecule has 0 atom stereocenters. The highest BCUT2D eigenvalue weighted by atomic mass is 35.5. The summed E-state index contributed by atoms with van der Waals surface area (Å²) in [4.78, 5) is 15.2. The summed E-state index contributed by atoms with van der Waals surface area (Å²) in [6.07, 6.45) is 3.97. The second-order valence-corrected chi connectivity index (χ2v) is 7.71. The number of nitrogens with two attached hydrogens (primary N) is 1. The third-order valence-corrected chi connectivity index (χ3v) is 5.82. The van der Waals surface area contributed by atoms with Gasteiger partial charge in [0.25, 0.3) is 0 Å². The maximum atomic E-state index is 12.7. The number of nitrogens with zero attached hydrogens (tertiary/aromatic N) is 1. The Balaban J connectivity index is 0.00000182. The second-order valence-electron chi connectivity index (χ2n) is 7.71. The van der Waals surface area contributed by atoms with Crippen molar-refractivity contribution in [3.8, 4) is 0 Å². The summed E-state index contributed by atoms with van der Waals surface area (Å²) < 4.78 is 5.38. The van der Waals surface area contributed by atoms with Crippen molar-refractivity contribution in [1.82, 2.24) is 4.90 Å². The second kappa shape index (κ2) is 11.2. The predicted octanol–water partition coefficient (Wildman–Crippen LogP) is 3.46.